The van der Waals surface area contributed by atoms with Crippen LogP contribution < -0.4 is 16.0 Å². The monoisotopic (exact) mass is 409 g/mol. The molecule has 3 aromatic rings. The van der Waals surface area contributed by atoms with Crippen LogP contribution in [0.4, 0.5) is 5.69 Å². The highest BCUT2D eigenvalue weighted by atomic mass is 79.9. The molecule has 3 N–H and O–H groups in total. The number of hydrogen-bond donors (Lipinski definition) is 2. The molecular weight excluding hydrogens is 402 g/mol. The number of nitrogens with one attached hydrogen (secondary N) is 1. The van der Waals surface area contributed by atoms with Crippen molar-refractivity contribution in [3.05, 3.63) is 55.7 Å². The van der Waals surface area contributed by atoms with Gasteiger partial charge in [-0.15, -0.1) is 5.10 Å². The van der Waals surface area contributed by atoms with Crippen molar-refractivity contribution in [2.45, 2.75) is 0 Å². The average molecular weight is 411 g/mol. The summed E-state index contributed by atoms with van der Waals surface area (Å²) in [6.45, 7) is 0. The Kier molecular flexibility index (Phi) is 3.69. The Morgan fingerprint density at radius 3 is 2.38 bits per heavy atom. The van der Waals surface area contributed by atoms with E-state index in [0.29, 0.717) is 37.0 Å². The molecule has 7 heteroatoms. The van der Waals surface area contributed by atoms with Gasteiger partial charge in [0.25, 0.3) is 5.56 Å². The summed E-state index contributed by atoms with van der Waals surface area (Å²) in [7, 11) is 0. The molecule has 0 aliphatic rings. The molecule has 0 aliphatic carbocycles. The zero-order valence-corrected chi connectivity index (χ0v) is 13.7. The van der Waals surface area contributed by atoms with Gasteiger partial charge in [-0.2, -0.15) is 0 Å². The molecule has 0 spiro atoms. The van der Waals surface area contributed by atoms with Crippen LogP contribution in [0.3, 0.4) is 0 Å². The molecule has 0 atom stereocenters. The fraction of sp³-hybridized carbons (Fsp3) is 0. The maximum Gasteiger partial charge on any atom is 0.272 e. The van der Waals surface area contributed by atoms with E-state index in [2.05, 4.69) is 42.1 Å². The number of nitrogens with two attached hydrogens (primary N) is 1. The minimum absolute atomic E-state index is 0.256. The molecular formula is C14H9Br2N3O2. The van der Waals surface area contributed by atoms with Crippen molar-refractivity contribution in [1.29, 1.82) is 0 Å². The molecule has 0 amide bonds. The maximum absolute atomic E-state index is 11.8. The Morgan fingerprint density at radius 1 is 1.10 bits per heavy atom. The first kappa shape index (κ1) is 14.1. The van der Waals surface area contributed by atoms with Gasteiger partial charge in [-0.3, -0.25) is 4.79 Å². The van der Waals surface area contributed by atoms with Crippen LogP contribution in [0.25, 0.3) is 10.8 Å². The van der Waals surface area contributed by atoms with Crippen LogP contribution in [0, 0.1) is 0 Å². The minimum atomic E-state index is -0.256. The number of anilines is 1. The first-order valence-corrected chi connectivity index (χ1v) is 7.54. The van der Waals surface area contributed by atoms with Crippen molar-refractivity contribution in [2.24, 2.45) is 0 Å². The summed E-state index contributed by atoms with van der Waals surface area (Å²) >= 11 is 6.80. The zero-order chi connectivity index (χ0) is 15.0. The molecule has 1 heterocycles. The van der Waals surface area contributed by atoms with E-state index >= 15 is 0 Å². The highest BCUT2D eigenvalue weighted by Crippen LogP contribution is 2.39. The molecule has 3 rings (SSSR count). The number of benzene rings is 2. The predicted octanol–water partition coefficient (Wildman–Crippen LogP) is 3.82. The minimum Gasteiger partial charge on any atom is -0.435 e. The van der Waals surface area contributed by atoms with Gasteiger partial charge in [0.15, 0.2) is 5.75 Å². The fourth-order valence-electron chi connectivity index (χ4n) is 1.94. The van der Waals surface area contributed by atoms with Crippen molar-refractivity contribution < 1.29 is 4.74 Å². The van der Waals surface area contributed by atoms with Crippen molar-refractivity contribution in [3.63, 3.8) is 0 Å². The lowest BCUT2D eigenvalue weighted by Crippen LogP contribution is -2.09. The van der Waals surface area contributed by atoms with E-state index in [0.717, 1.165) is 0 Å². The lowest BCUT2D eigenvalue weighted by molar-refractivity contribution is 0.455. The highest BCUT2D eigenvalue weighted by molar-refractivity contribution is 9.11. The van der Waals surface area contributed by atoms with Crippen LogP contribution in [0.2, 0.25) is 0 Å². The molecule has 0 saturated carbocycles. The second-order valence-corrected chi connectivity index (χ2v) is 6.03. The van der Waals surface area contributed by atoms with Gasteiger partial charge >= 0.3 is 0 Å². The fourth-order valence-corrected chi connectivity index (χ4v) is 3.32. The largest absolute Gasteiger partial charge is 0.435 e. The van der Waals surface area contributed by atoms with Crippen LogP contribution in [0.1, 0.15) is 0 Å². The van der Waals surface area contributed by atoms with Gasteiger partial charge in [0.1, 0.15) is 0 Å². The Labute approximate surface area is 136 Å². The zero-order valence-electron chi connectivity index (χ0n) is 10.6. The average Bonchev–Trinajstić information content (AvgIpc) is 2.45. The van der Waals surface area contributed by atoms with E-state index in [1.807, 2.05) is 6.07 Å². The summed E-state index contributed by atoms with van der Waals surface area (Å²) in [5, 5.41) is 7.56. The molecule has 0 saturated heterocycles. The lowest BCUT2D eigenvalue weighted by atomic mass is 10.2. The van der Waals surface area contributed by atoms with Crippen molar-refractivity contribution in [1.82, 2.24) is 10.2 Å². The van der Waals surface area contributed by atoms with Gasteiger partial charge in [0.05, 0.1) is 19.7 Å². The van der Waals surface area contributed by atoms with E-state index in [9.17, 15) is 4.79 Å². The van der Waals surface area contributed by atoms with Crippen LogP contribution in [0.15, 0.2) is 50.1 Å². The van der Waals surface area contributed by atoms with Gasteiger partial charge in [-0.1, -0.05) is 12.1 Å². The molecule has 5 nitrogen and oxygen atoms in total. The maximum atomic E-state index is 11.8. The highest BCUT2D eigenvalue weighted by Gasteiger charge is 2.13. The number of nitrogen functional groups attached to an aromatic ring is 1. The van der Waals surface area contributed by atoms with Gasteiger partial charge < -0.3 is 10.5 Å². The molecule has 21 heavy (non-hydrogen) atoms. The van der Waals surface area contributed by atoms with Gasteiger partial charge in [0.2, 0.25) is 5.88 Å². The predicted molar refractivity (Wildman–Crippen MR) is 88.7 cm³/mol. The number of fused-ring (bicyclic) bond motifs is 1. The summed E-state index contributed by atoms with van der Waals surface area (Å²) in [6.07, 6.45) is 0. The molecule has 0 bridgehead atoms. The number of ether oxygens (including phenoxy) is 1. The van der Waals surface area contributed by atoms with Gasteiger partial charge in [-0.25, -0.2) is 5.10 Å². The Hall–Kier alpha value is -1.86. The Morgan fingerprint density at radius 2 is 1.71 bits per heavy atom. The standard InChI is InChI=1S/C14H9Br2N3O2/c15-10-5-7(17)6-11(16)12(10)21-14-9-4-2-1-3-8(9)13(20)18-19-14/h1-6H,17H2,(H,18,20). The molecule has 0 aliphatic heterocycles. The number of aromatic nitrogens is 2. The lowest BCUT2D eigenvalue weighted by Gasteiger charge is -2.11. The summed E-state index contributed by atoms with van der Waals surface area (Å²) in [4.78, 5) is 11.8. The summed E-state index contributed by atoms with van der Waals surface area (Å²) in [5.41, 5.74) is 6.09. The van der Waals surface area contributed by atoms with Crippen molar-refractivity contribution in [2.75, 3.05) is 5.73 Å². The summed E-state index contributed by atoms with van der Waals surface area (Å²) in [5.74, 6) is 0.852. The normalized spacial score (nSPS) is 10.8. The number of halogens is 2. The number of aromatic amines is 1. The van der Waals surface area contributed by atoms with Crippen LogP contribution in [0.5, 0.6) is 11.6 Å². The Balaban J connectivity index is 2.16. The van der Waals surface area contributed by atoms with E-state index < -0.39 is 0 Å². The summed E-state index contributed by atoms with van der Waals surface area (Å²) < 4.78 is 7.21. The first-order valence-electron chi connectivity index (χ1n) is 5.96. The molecule has 1 aromatic heterocycles. The second-order valence-electron chi connectivity index (χ2n) is 4.32. The molecule has 0 fully saturated rings. The topological polar surface area (TPSA) is 81.0 Å². The summed E-state index contributed by atoms with van der Waals surface area (Å²) in [6, 6.07) is 10.6. The molecule has 0 radical (unpaired) electrons. The number of hydrogen-bond acceptors (Lipinski definition) is 4. The Bertz CT molecular complexity index is 870. The van der Waals surface area contributed by atoms with Crippen molar-refractivity contribution >= 4 is 48.3 Å². The van der Waals surface area contributed by atoms with Crippen LogP contribution in [-0.4, -0.2) is 10.2 Å². The number of nitrogens with zero attached hydrogens (tertiary/aromatic N) is 1. The van der Waals surface area contributed by atoms with Gasteiger partial charge in [0, 0.05) is 5.69 Å². The molecule has 2 aromatic carbocycles. The molecule has 0 unspecified atom stereocenters. The number of H-pyrrole nitrogens is 1. The molecule has 106 valence electrons. The smallest absolute Gasteiger partial charge is 0.272 e. The first-order chi connectivity index (χ1) is 10.1. The van der Waals surface area contributed by atoms with Crippen LogP contribution >= 0.6 is 31.9 Å². The SMILES string of the molecule is Nc1cc(Br)c(Oc2n[nH]c(=O)c3ccccc23)c(Br)c1. The third-order valence-corrected chi connectivity index (χ3v) is 4.06. The van der Waals surface area contributed by atoms with E-state index in [-0.39, 0.29) is 5.56 Å². The van der Waals surface area contributed by atoms with Crippen molar-refractivity contribution in [3.8, 4) is 11.6 Å². The quantitative estimate of drug-likeness (QED) is 0.629. The third kappa shape index (κ3) is 2.66. The van der Waals surface area contributed by atoms with E-state index in [1.54, 1.807) is 30.3 Å². The van der Waals surface area contributed by atoms with Gasteiger partial charge in [-0.05, 0) is 56.1 Å². The third-order valence-electron chi connectivity index (χ3n) is 2.88. The number of rotatable bonds is 2. The van der Waals surface area contributed by atoms with Crippen LogP contribution in [-0.2, 0) is 0 Å². The van der Waals surface area contributed by atoms with E-state index in [4.69, 9.17) is 10.5 Å². The van der Waals surface area contributed by atoms with E-state index in [1.165, 1.54) is 0 Å². The second kappa shape index (κ2) is 5.50.